The quantitative estimate of drug-likeness (QED) is 0.613. The molecule has 8 nitrogen and oxygen atoms in total. The number of aromatic nitrogens is 2. The standard InChI is InChI=1S/C19H19ClN4O4S/c1-13(24(29(2,26)27)16-10-6-9-15(20)11-16)19(25)21-12-17-22-18(23-28-17)14-7-4-3-5-8-14/h3-11,13H,12H2,1-2H3,(H,21,25)/t13-/m0/s1. The lowest BCUT2D eigenvalue weighted by Crippen LogP contribution is -2.47. The van der Waals surface area contributed by atoms with Crippen molar-refractivity contribution < 1.29 is 17.7 Å². The molecule has 3 rings (SSSR count). The SMILES string of the molecule is C[C@@H](C(=O)NCc1nc(-c2ccccc2)no1)N(c1cccc(Cl)c1)S(C)(=O)=O. The Balaban J connectivity index is 1.71. The predicted molar refractivity (Wildman–Crippen MR) is 110 cm³/mol. The van der Waals surface area contributed by atoms with Gasteiger partial charge in [-0.1, -0.05) is 53.2 Å². The van der Waals surface area contributed by atoms with E-state index < -0.39 is 22.0 Å². The van der Waals surface area contributed by atoms with Crippen LogP contribution in [0.5, 0.6) is 0 Å². The van der Waals surface area contributed by atoms with Crippen LogP contribution in [0.4, 0.5) is 5.69 Å². The summed E-state index contributed by atoms with van der Waals surface area (Å²) in [6.45, 7) is 1.46. The maximum Gasteiger partial charge on any atom is 0.246 e. The normalized spacial score (nSPS) is 12.4. The summed E-state index contributed by atoms with van der Waals surface area (Å²) in [7, 11) is -3.73. The second kappa shape index (κ2) is 8.62. The molecule has 29 heavy (non-hydrogen) atoms. The van der Waals surface area contributed by atoms with Crippen LogP contribution in [0, 0.1) is 0 Å². The van der Waals surface area contributed by atoms with Crippen molar-refractivity contribution in [3.05, 3.63) is 65.5 Å². The Morgan fingerprint density at radius 2 is 1.93 bits per heavy atom. The summed E-state index contributed by atoms with van der Waals surface area (Å²) < 4.78 is 30.7. The van der Waals surface area contributed by atoms with Crippen LogP contribution in [-0.4, -0.2) is 36.8 Å². The third-order valence-electron chi connectivity index (χ3n) is 4.07. The summed E-state index contributed by atoms with van der Waals surface area (Å²) in [6.07, 6.45) is 1.03. The van der Waals surface area contributed by atoms with E-state index in [1.54, 1.807) is 18.2 Å². The van der Waals surface area contributed by atoms with E-state index in [-0.39, 0.29) is 12.4 Å². The van der Waals surface area contributed by atoms with Gasteiger partial charge in [0.25, 0.3) is 0 Å². The summed E-state index contributed by atoms with van der Waals surface area (Å²) >= 11 is 5.97. The molecule has 152 valence electrons. The molecule has 1 aromatic heterocycles. The van der Waals surface area contributed by atoms with Crippen LogP contribution in [0.25, 0.3) is 11.4 Å². The van der Waals surface area contributed by atoms with Crippen LogP contribution in [0.2, 0.25) is 5.02 Å². The minimum atomic E-state index is -3.73. The number of amides is 1. The predicted octanol–water partition coefficient (Wildman–Crippen LogP) is 2.86. The zero-order chi connectivity index (χ0) is 21.0. The Kier molecular flexibility index (Phi) is 6.19. The van der Waals surface area contributed by atoms with Gasteiger partial charge in [0.1, 0.15) is 6.04 Å². The van der Waals surface area contributed by atoms with Crippen molar-refractivity contribution in [1.82, 2.24) is 15.5 Å². The van der Waals surface area contributed by atoms with E-state index in [1.807, 2.05) is 30.3 Å². The summed E-state index contributed by atoms with van der Waals surface area (Å²) in [5, 5.41) is 6.87. The van der Waals surface area contributed by atoms with Gasteiger partial charge in [-0.05, 0) is 25.1 Å². The molecule has 0 fully saturated rings. The number of carbonyl (C=O) groups is 1. The lowest BCUT2D eigenvalue weighted by atomic mass is 10.2. The molecule has 0 unspecified atom stereocenters. The molecule has 1 amide bonds. The first-order chi connectivity index (χ1) is 13.8. The molecule has 10 heteroatoms. The van der Waals surface area contributed by atoms with Crippen molar-refractivity contribution >= 4 is 33.2 Å². The number of anilines is 1. The monoisotopic (exact) mass is 434 g/mol. The number of rotatable bonds is 7. The maximum absolute atomic E-state index is 12.6. The number of nitrogens with zero attached hydrogens (tertiary/aromatic N) is 3. The molecule has 2 aromatic carbocycles. The fourth-order valence-electron chi connectivity index (χ4n) is 2.76. The lowest BCUT2D eigenvalue weighted by molar-refractivity contribution is -0.122. The van der Waals surface area contributed by atoms with Crippen LogP contribution < -0.4 is 9.62 Å². The second-order valence-corrected chi connectivity index (χ2v) is 8.61. The average molecular weight is 435 g/mol. The number of benzene rings is 2. The van der Waals surface area contributed by atoms with E-state index in [4.69, 9.17) is 16.1 Å². The van der Waals surface area contributed by atoms with Gasteiger partial charge in [0.2, 0.25) is 27.6 Å². The van der Waals surface area contributed by atoms with E-state index in [2.05, 4.69) is 15.5 Å². The van der Waals surface area contributed by atoms with Crippen molar-refractivity contribution in [2.45, 2.75) is 19.5 Å². The summed E-state index contributed by atoms with van der Waals surface area (Å²) in [5.74, 6) is 0.0903. The largest absolute Gasteiger partial charge is 0.345 e. The zero-order valence-electron chi connectivity index (χ0n) is 15.7. The number of hydrogen-bond donors (Lipinski definition) is 1. The lowest BCUT2D eigenvalue weighted by Gasteiger charge is -2.28. The highest BCUT2D eigenvalue weighted by molar-refractivity contribution is 7.92. The number of nitrogens with one attached hydrogen (secondary N) is 1. The molecular formula is C19H19ClN4O4S. The van der Waals surface area contributed by atoms with E-state index >= 15 is 0 Å². The molecule has 1 N–H and O–H groups in total. The van der Waals surface area contributed by atoms with Crippen LogP contribution >= 0.6 is 11.6 Å². The molecule has 0 saturated heterocycles. The topological polar surface area (TPSA) is 105 Å². The summed E-state index contributed by atoms with van der Waals surface area (Å²) in [4.78, 5) is 16.8. The van der Waals surface area contributed by atoms with Gasteiger partial charge in [-0.3, -0.25) is 9.10 Å². The van der Waals surface area contributed by atoms with E-state index in [9.17, 15) is 13.2 Å². The Morgan fingerprint density at radius 3 is 2.59 bits per heavy atom. The summed E-state index contributed by atoms with van der Waals surface area (Å²) in [5.41, 5.74) is 1.08. The van der Waals surface area contributed by atoms with Gasteiger partial charge in [-0.15, -0.1) is 0 Å². The van der Waals surface area contributed by atoms with Gasteiger partial charge in [0.15, 0.2) is 0 Å². The molecule has 0 bridgehead atoms. The molecular weight excluding hydrogens is 416 g/mol. The average Bonchev–Trinajstić information content (AvgIpc) is 3.15. The minimum absolute atomic E-state index is 0.0316. The first kappa shape index (κ1) is 20.8. The van der Waals surface area contributed by atoms with E-state index in [0.29, 0.717) is 16.5 Å². The van der Waals surface area contributed by atoms with Crippen LogP contribution in [0.15, 0.2) is 59.1 Å². The van der Waals surface area contributed by atoms with Crippen molar-refractivity contribution in [2.24, 2.45) is 0 Å². The first-order valence-electron chi connectivity index (χ1n) is 8.66. The van der Waals surface area contributed by atoms with Crippen molar-refractivity contribution in [1.29, 1.82) is 0 Å². The highest BCUT2D eigenvalue weighted by atomic mass is 35.5. The molecule has 1 heterocycles. The Morgan fingerprint density at radius 1 is 1.21 bits per heavy atom. The van der Waals surface area contributed by atoms with Crippen molar-refractivity contribution in [3.8, 4) is 11.4 Å². The second-order valence-electron chi connectivity index (χ2n) is 6.31. The van der Waals surface area contributed by atoms with Crippen LogP contribution in [-0.2, 0) is 21.4 Å². The summed E-state index contributed by atoms with van der Waals surface area (Å²) in [6, 6.07) is 14.5. The molecule has 0 radical (unpaired) electrons. The fraction of sp³-hybridized carbons (Fsp3) is 0.211. The van der Waals surface area contributed by atoms with Gasteiger partial charge >= 0.3 is 0 Å². The van der Waals surface area contributed by atoms with E-state index in [0.717, 1.165) is 16.1 Å². The highest BCUT2D eigenvalue weighted by Crippen LogP contribution is 2.24. The highest BCUT2D eigenvalue weighted by Gasteiger charge is 2.29. The van der Waals surface area contributed by atoms with Crippen molar-refractivity contribution in [2.75, 3.05) is 10.6 Å². The van der Waals surface area contributed by atoms with Gasteiger partial charge in [-0.2, -0.15) is 4.98 Å². The maximum atomic E-state index is 12.6. The zero-order valence-corrected chi connectivity index (χ0v) is 17.3. The molecule has 0 spiro atoms. The molecule has 0 saturated carbocycles. The Bertz CT molecular complexity index is 1100. The minimum Gasteiger partial charge on any atom is -0.345 e. The molecule has 0 aliphatic heterocycles. The Hall–Kier alpha value is -2.91. The number of halogens is 1. The van der Waals surface area contributed by atoms with Crippen LogP contribution in [0.3, 0.4) is 0 Å². The third-order valence-corrected chi connectivity index (χ3v) is 5.54. The van der Waals surface area contributed by atoms with Gasteiger partial charge in [0, 0.05) is 10.6 Å². The molecule has 0 aliphatic carbocycles. The van der Waals surface area contributed by atoms with Gasteiger partial charge < -0.3 is 9.84 Å². The van der Waals surface area contributed by atoms with Gasteiger partial charge in [-0.25, -0.2) is 8.42 Å². The molecule has 0 aliphatic rings. The smallest absolute Gasteiger partial charge is 0.246 e. The molecule has 1 atom stereocenters. The van der Waals surface area contributed by atoms with Gasteiger partial charge in [0.05, 0.1) is 18.5 Å². The van der Waals surface area contributed by atoms with Crippen molar-refractivity contribution in [3.63, 3.8) is 0 Å². The number of hydrogen-bond acceptors (Lipinski definition) is 6. The fourth-order valence-corrected chi connectivity index (χ4v) is 4.11. The van der Waals surface area contributed by atoms with E-state index in [1.165, 1.54) is 13.0 Å². The Labute approximate surface area is 173 Å². The van der Waals surface area contributed by atoms with Crippen LogP contribution in [0.1, 0.15) is 12.8 Å². The third kappa shape index (κ3) is 5.12. The number of carbonyl (C=O) groups excluding carboxylic acids is 1. The first-order valence-corrected chi connectivity index (χ1v) is 10.9. The molecule has 3 aromatic rings. The number of sulfonamides is 1.